The van der Waals surface area contributed by atoms with Gasteiger partial charge in [0.1, 0.15) is 11.9 Å². The molecule has 2 N–H and O–H groups in total. The quantitative estimate of drug-likeness (QED) is 0.591. The molecule has 1 saturated heterocycles. The van der Waals surface area contributed by atoms with Crippen LogP contribution in [0.15, 0.2) is 24.3 Å². The van der Waals surface area contributed by atoms with Crippen LogP contribution in [0.3, 0.4) is 0 Å². The van der Waals surface area contributed by atoms with Gasteiger partial charge < -0.3 is 14.5 Å². The summed E-state index contributed by atoms with van der Waals surface area (Å²) in [6.07, 6.45) is 6.10. The molecular formula is C27H33N5O3. The number of piperazine rings is 1. The molecule has 1 aliphatic carbocycles. The lowest BCUT2D eigenvalue weighted by Gasteiger charge is -2.41. The van der Waals surface area contributed by atoms with E-state index in [1.807, 2.05) is 49.1 Å². The molecule has 1 unspecified atom stereocenters. The molecule has 2 heterocycles. The summed E-state index contributed by atoms with van der Waals surface area (Å²) in [6, 6.07) is 10.3. The van der Waals surface area contributed by atoms with E-state index in [4.69, 9.17) is 9.72 Å². The first-order valence-electron chi connectivity index (χ1n) is 12.2. The molecule has 1 aliphatic heterocycles. The number of amides is 1. The normalized spacial score (nSPS) is 19.1. The number of carbonyl (C=O) groups is 1. The number of rotatable bonds is 7. The summed E-state index contributed by atoms with van der Waals surface area (Å²) >= 11 is 0. The number of hydroxylamine groups is 1. The zero-order chi connectivity index (χ0) is 24.9. The zero-order valence-electron chi connectivity index (χ0n) is 20.6. The Labute approximate surface area is 206 Å². The molecule has 1 aromatic heterocycles. The van der Waals surface area contributed by atoms with Crippen molar-refractivity contribution in [3.05, 3.63) is 46.0 Å². The van der Waals surface area contributed by atoms with Crippen LogP contribution in [0.5, 0.6) is 0 Å². The van der Waals surface area contributed by atoms with Crippen molar-refractivity contribution in [2.45, 2.75) is 45.1 Å². The summed E-state index contributed by atoms with van der Waals surface area (Å²) in [5.41, 5.74) is 5.65. The second-order valence-electron chi connectivity index (χ2n) is 9.17. The summed E-state index contributed by atoms with van der Waals surface area (Å²) in [7, 11) is 1.60. The maximum atomic E-state index is 12.6. The van der Waals surface area contributed by atoms with Crippen molar-refractivity contribution in [2.75, 3.05) is 38.3 Å². The molecule has 0 radical (unpaired) electrons. The second-order valence-corrected chi connectivity index (χ2v) is 9.17. The SMILES string of the molecule is C/C=c1/c(-c2cc(C#N)c(N3CCN(C(=O)CCOC)C(C)C3)nc2C2CC2)ccc/c1=C/NO. The lowest BCUT2D eigenvalue weighted by atomic mass is 9.96. The van der Waals surface area contributed by atoms with Gasteiger partial charge in [0.25, 0.3) is 0 Å². The fraction of sp³-hybridized carbons (Fsp3) is 0.444. The highest BCUT2D eigenvalue weighted by molar-refractivity contribution is 5.77. The molecule has 8 nitrogen and oxygen atoms in total. The van der Waals surface area contributed by atoms with Gasteiger partial charge >= 0.3 is 0 Å². The lowest BCUT2D eigenvalue weighted by molar-refractivity contribution is -0.134. The Morgan fingerprint density at radius 3 is 2.77 bits per heavy atom. The van der Waals surface area contributed by atoms with Crippen molar-refractivity contribution in [1.82, 2.24) is 15.4 Å². The number of hydrogen-bond acceptors (Lipinski definition) is 7. The first kappa shape index (κ1) is 24.7. The molecule has 0 bridgehead atoms. The number of hydrogen-bond donors (Lipinski definition) is 2. The van der Waals surface area contributed by atoms with Gasteiger partial charge in [0.15, 0.2) is 0 Å². The smallest absolute Gasteiger partial charge is 0.225 e. The summed E-state index contributed by atoms with van der Waals surface area (Å²) in [4.78, 5) is 21.7. The van der Waals surface area contributed by atoms with Crippen LogP contribution in [0.1, 0.15) is 50.3 Å². The number of nitriles is 1. The number of carbonyl (C=O) groups excluding carboxylic acids is 1. The molecular weight excluding hydrogens is 442 g/mol. The van der Waals surface area contributed by atoms with E-state index in [2.05, 4.69) is 16.4 Å². The Balaban J connectivity index is 1.72. The van der Waals surface area contributed by atoms with E-state index in [9.17, 15) is 15.3 Å². The van der Waals surface area contributed by atoms with Crippen molar-refractivity contribution in [1.29, 1.82) is 5.26 Å². The van der Waals surface area contributed by atoms with Gasteiger partial charge in [-0.15, -0.1) is 0 Å². The number of ether oxygens (including phenoxy) is 1. The Hall–Kier alpha value is -3.41. The number of nitrogens with zero attached hydrogens (tertiary/aromatic N) is 4. The van der Waals surface area contributed by atoms with Gasteiger partial charge in [-0.25, -0.2) is 4.98 Å². The Morgan fingerprint density at radius 1 is 1.34 bits per heavy atom. The fourth-order valence-corrected chi connectivity index (χ4v) is 4.91. The Morgan fingerprint density at radius 2 is 2.14 bits per heavy atom. The van der Waals surface area contributed by atoms with Gasteiger partial charge in [-0.3, -0.25) is 15.5 Å². The molecule has 1 amide bonds. The molecule has 2 fully saturated rings. The molecule has 2 aliphatic rings. The monoisotopic (exact) mass is 475 g/mol. The van der Waals surface area contributed by atoms with Crippen LogP contribution in [0, 0.1) is 11.3 Å². The molecule has 184 valence electrons. The molecule has 2 aromatic rings. The topological polar surface area (TPSA) is 102 Å². The fourth-order valence-electron chi connectivity index (χ4n) is 4.91. The van der Waals surface area contributed by atoms with Gasteiger partial charge in [0.2, 0.25) is 5.91 Å². The number of aromatic nitrogens is 1. The molecule has 8 heteroatoms. The van der Waals surface area contributed by atoms with E-state index in [1.54, 1.807) is 13.3 Å². The van der Waals surface area contributed by atoms with Crippen molar-refractivity contribution >= 4 is 24.0 Å². The van der Waals surface area contributed by atoms with E-state index >= 15 is 0 Å². The summed E-state index contributed by atoms with van der Waals surface area (Å²) in [5.74, 6) is 1.17. The minimum atomic E-state index is 0.0185. The number of anilines is 1. The number of nitrogens with one attached hydrogen (secondary N) is 1. The number of pyridine rings is 1. The highest BCUT2D eigenvalue weighted by atomic mass is 16.5. The van der Waals surface area contributed by atoms with Gasteiger partial charge in [0, 0.05) is 55.7 Å². The van der Waals surface area contributed by atoms with Crippen molar-refractivity contribution in [2.24, 2.45) is 0 Å². The predicted octanol–water partition coefficient (Wildman–Crippen LogP) is 2.09. The molecule has 0 spiro atoms. The van der Waals surface area contributed by atoms with Crippen LogP contribution >= 0.6 is 0 Å². The van der Waals surface area contributed by atoms with Crippen LogP contribution in [-0.2, 0) is 9.53 Å². The second kappa shape index (κ2) is 10.9. The lowest BCUT2D eigenvalue weighted by Crippen LogP contribution is -2.54. The number of benzene rings is 1. The number of methoxy groups -OCH3 is 1. The average Bonchev–Trinajstić information content (AvgIpc) is 3.72. The highest BCUT2D eigenvalue weighted by Gasteiger charge is 2.33. The van der Waals surface area contributed by atoms with Crippen LogP contribution < -0.4 is 20.8 Å². The van der Waals surface area contributed by atoms with Crippen molar-refractivity contribution in [3.8, 4) is 17.2 Å². The third-order valence-corrected chi connectivity index (χ3v) is 6.82. The van der Waals surface area contributed by atoms with Gasteiger partial charge in [-0.2, -0.15) is 5.26 Å². The predicted molar refractivity (Wildman–Crippen MR) is 135 cm³/mol. The molecule has 1 saturated carbocycles. The molecule has 1 atom stereocenters. The van der Waals surface area contributed by atoms with Crippen LogP contribution in [0.4, 0.5) is 5.82 Å². The van der Waals surface area contributed by atoms with E-state index in [1.165, 1.54) is 0 Å². The van der Waals surface area contributed by atoms with E-state index in [-0.39, 0.29) is 11.9 Å². The average molecular weight is 476 g/mol. The van der Waals surface area contributed by atoms with E-state index in [0.717, 1.165) is 40.1 Å². The zero-order valence-corrected chi connectivity index (χ0v) is 20.6. The first-order valence-corrected chi connectivity index (χ1v) is 12.2. The van der Waals surface area contributed by atoms with Gasteiger partial charge in [-0.1, -0.05) is 24.3 Å². The third kappa shape index (κ3) is 5.16. The van der Waals surface area contributed by atoms with E-state index < -0.39 is 0 Å². The maximum Gasteiger partial charge on any atom is 0.225 e. The van der Waals surface area contributed by atoms with Gasteiger partial charge in [-0.05, 0) is 43.5 Å². The summed E-state index contributed by atoms with van der Waals surface area (Å²) in [5, 5.41) is 21.1. The van der Waals surface area contributed by atoms with Crippen LogP contribution in [0.2, 0.25) is 0 Å². The molecule has 4 rings (SSSR count). The van der Waals surface area contributed by atoms with E-state index in [0.29, 0.717) is 50.0 Å². The Kier molecular flexibility index (Phi) is 7.69. The first-order chi connectivity index (χ1) is 17.0. The highest BCUT2D eigenvalue weighted by Crippen LogP contribution is 2.44. The third-order valence-electron chi connectivity index (χ3n) is 6.82. The van der Waals surface area contributed by atoms with Crippen molar-refractivity contribution in [3.63, 3.8) is 0 Å². The maximum absolute atomic E-state index is 12.6. The Bertz CT molecular complexity index is 1250. The van der Waals surface area contributed by atoms with Crippen LogP contribution in [0.25, 0.3) is 23.4 Å². The standard InChI is InChI=1S/C27H33N5O3/c1-4-22-20(16-29-34)6-5-7-23(22)24-14-21(15-28)27(30-26(24)19-8-9-19)31-11-12-32(18(2)17-31)25(33)10-13-35-3/h4-7,14,16,18-19,29,34H,8-13,17H2,1-3H3/b20-16-,22-4+. The minimum Gasteiger partial charge on any atom is -0.384 e. The minimum absolute atomic E-state index is 0.0185. The van der Waals surface area contributed by atoms with Gasteiger partial charge in [0.05, 0.1) is 24.3 Å². The van der Waals surface area contributed by atoms with Crippen molar-refractivity contribution < 1.29 is 14.7 Å². The molecule has 35 heavy (non-hydrogen) atoms. The largest absolute Gasteiger partial charge is 0.384 e. The molecule has 1 aromatic carbocycles. The van der Waals surface area contributed by atoms with Crippen LogP contribution in [-0.4, -0.2) is 60.4 Å². The summed E-state index contributed by atoms with van der Waals surface area (Å²) < 4.78 is 5.06. The summed E-state index contributed by atoms with van der Waals surface area (Å²) in [6.45, 7) is 6.28.